The highest BCUT2D eigenvalue weighted by Crippen LogP contribution is 2.17. The predicted octanol–water partition coefficient (Wildman–Crippen LogP) is 2.10. The largest absolute Gasteiger partial charge is 0.271 e. The van der Waals surface area contributed by atoms with Crippen LogP contribution in [0.1, 0.15) is 18.3 Å². The molecular weight excluding hydrogens is 267 g/mol. The average Bonchev–Trinajstić information content (AvgIpc) is 2.70. The Morgan fingerprint density at radius 2 is 1.89 bits per heavy atom. The molecule has 0 saturated carbocycles. The van der Waals surface area contributed by atoms with Crippen LogP contribution in [0.5, 0.6) is 0 Å². The Balaban J connectivity index is 2.30. The number of nitrogens with zero attached hydrogens (tertiary/aromatic N) is 2. The van der Waals surface area contributed by atoms with Crippen LogP contribution in [0, 0.1) is 5.82 Å². The molecule has 2 aromatic rings. The fourth-order valence-corrected chi connectivity index (χ4v) is 3.18. The van der Waals surface area contributed by atoms with E-state index in [9.17, 15) is 12.8 Å². The number of sulfone groups is 1. The Morgan fingerprint density at radius 1 is 1.26 bits per heavy atom. The van der Waals surface area contributed by atoms with E-state index < -0.39 is 15.7 Å². The van der Waals surface area contributed by atoms with Gasteiger partial charge < -0.3 is 0 Å². The number of benzene rings is 1. The lowest BCUT2D eigenvalue weighted by Gasteiger charge is -2.04. The Kier molecular flexibility index (Phi) is 3.71. The Bertz CT molecular complexity index is 675. The van der Waals surface area contributed by atoms with Gasteiger partial charge in [-0.3, -0.25) is 4.68 Å². The SMILES string of the molecule is CCc1cc(CS(=O)(=O)c2ccc(F)cc2)n(C)n1. The maximum absolute atomic E-state index is 12.8. The van der Waals surface area contributed by atoms with E-state index in [1.165, 1.54) is 12.1 Å². The van der Waals surface area contributed by atoms with Gasteiger partial charge in [-0.15, -0.1) is 0 Å². The van der Waals surface area contributed by atoms with Crippen molar-refractivity contribution < 1.29 is 12.8 Å². The molecule has 19 heavy (non-hydrogen) atoms. The molecule has 0 N–H and O–H groups in total. The average molecular weight is 282 g/mol. The van der Waals surface area contributed by atoms with Crippen molar-refractivity contribution in [2.75, 3.05) is 0 Å². The monoisotopic (exact) mass is 282 g/mol. The molecule has 0 spiro atoms. The van der Waals surface area contributed by atoms with Crippen LogP contribution in [0.25, 0.3) is 0 Å². The van der Waals surface area contributed by atoms with Crippen molar-refractivity contribution in [3.05, 3.63) is 47.5 Å². The second-order valence-corrected chi connectivity index (χ2v) is 6.31. The Hall–Kier alpha value is -1.69. The lowest BCUT2D eigenvalue weighted by atomic mass is 10.3. The van der Waals surface area contributed by atoms with Crippen LogP contribution in [0.3, 0.4) is 0 Å². The number of rotatable bonds is 4. The zero-order valence-corrected chi connectivity index (χ0v) is 11.6. The molecule has 0 bridgehead atoms. The zero-order valence-electron chi connectivity index (χ0n) is 10.8. The van der Waals surface area contributed by atoms with Crippen molar-refractivity contribution in [3.8, 4) is 0 Å². The van der Waals surface area contributed by atoms with Gasteiger partial charge in [0.25, 0.3) is 0 Å². The van der Waals surface area contributed by atoms with Crippen molar-refractivity contribution in [1.82, 2.24) is 9.78 Å². The summed E-state index contributed by atoms with van der Waals surface area (Å²) in [6.07, 6.45) is 0.754. The molecule has 4 nitrogen and oxygen atoms in total. The van der Waals surface area contributed by atoms with Gasteiger partial charge in [-0.25, -0.2) is 12.8 Å². The quantitative estimate of drug-likeness (QED) is 0.807. The van der Waals surface area contributed by atoms with Crippen molar-refractivity contribution in [2.45, 2.75) is 24.0 Å². The topological polar surface area (TPSA) is 52.0 Å². The first-order valence-electron chi connectivity index (χ1n) is 5.92. The van der Waals surface area contributed by atoms with Crippen LogP contribution in [-0.4, -0.2) is 18.2 Å². The minimum Gasteiger partial charge on any atom is -0.271 e. The fraction of sp³-hybridized carbons (Fsp3) is 0.308. The van der Waals surface area contributed by atoms with Crippen LogP contribution in [-0.2, 0) is 29.1 Å². The standard InChI is InChI=1S/C13H15FN2O2S/c1-3-11-8-12(16(2)15-11)9-19(17,18)13-6-4-10(14)5-7-13/h4-8H,3,9H2,1-2H3. The molecule has 0 unspecified atom stereocenters. The lowest BCUT2D eigenvalue weighted by Crippen LogP contribution is -2.08. The summed E-state index contributed by atoms with van der Waals surface area (Å²) in [5.41, 5.74) is 1.48. The summed E-state index contributed by atoms with van der Waals surface area (Å²) in [6.45, 7) is 1.96. The van der Waals surface area contributed by atoms with Gasteiger partial charge in [0.05, 0.1) is 22.0 Å². The van der Waals surface area contributed by atoms with Gasteiger partial charge in [0.2, 0.25) is 0 Å². The molecule has 1 aromatic heterocycles. The van der Waals surface area contributed by atoms with E-state index in [0.29, 0.717) is 5.69 Å². The summed E-state index contributed by atoms with van der Waals surface area (Å²) in [4.78, 5) is 0.119. The second kappa shape index (κ2) is 5.13. The summed E-state index contributed by atoms with van der Waals surface area (Å²) in [6, 6.07) is 6.63. The van der Waals surface area contributed by atoms with Crippen molar-refractivity contribution in [2.24, 2.45) is 7.05 Å². The molecular formula is C13H15FN2O2S. The van der Waals surface area contributed by atoms with Crippen molar-refractivity contribution >= 4 is 9.84 Å². The third-order valence-corrected chi connectivity index (χ3v) is 4.57. The smallest absolute Gasteiger partial charge is 0.184 e. The van der Waals surface area contributed by atoms with Crippen molar-refractivity contribution in [1.29, 1.82) is 0 Å². The van der Waals surface area contributed by atoms with E-state index in [2.05, 4.69) is 5.10 Å². The molecule has 1 aromatic carbocycles. The molecule has 0 amide bonds. The molecule has 0 radical (unpaired) electrons. The summed E-state index contributed by atoms with van der Waals surface area (Å²) in [5.74, 6) is -0.588. The van der Waals surface area contributed by atoms with E-state index in [-0.39, 0.29) is 10.6 Å². The summed E-state index contributed by atoms with van der Waals surface area (Å²) in [7, 11) is -1.76. The first-order chi connectivity index (χ1) is 8.92. The number of hydrogen-bond donors (Lipinski definition) is 0. The van der Waals surface area contributed by atoms with E-state index >= 15 is 0 Å². The summed E-state index contributed by atoms with van der Waals surface area (Å²) < 4.78 is 38.8. The normalized spacial score (nSPS) is 11.7. The first-order valence-corrected chi connectivity index (χ1v) is 7.57. The van der Waals surface area contributed by atoms with Crippen LogP contribution in [0.15, 0.2) is 35.2 Å². The first kappa shape index (κ1) is 13.7. The molecule has 0 saturated heterocycles. The fourth-order valence-electron chi connectivity index (χ4n) is 1.80. The van der Waals surface area contributed by atoms with Gasteiger partial charge >= 0.3 is 0 Å². The van der Waals surface area contributed by atoms with Gasteiger partial charge in [-0.05, 0) is 36.8 Å². The maximum atomic E-state index is 12.8. The van der Waals surface area contributed by atoms with E-state index in [1.807, 2.05) is 6.92 Å². The highest BCUT2D eigenvalue weighted by Gasteiger charge is 2.18. The highest BCUT2D eigenvalue weighted by atomic mass is 32.2. The molecule has 102 valence electrons. The van der Waals surface area contributed by atoms with Gasteiger partial charge in [0, 0.05) is 7.05 Å². The van der Waals surface area contributed by atoms with Crippen LogP contribution in [0.4, 0.5) is 4.39 Å². The molecule has 0 aliphatic rings. The van der Waals surface area contributed by atoms with E-state index in [1.54, 1.807) is 17.8 Å². The van der Waals surface area contributed by atoms with Crippen LogP contribution < -0.4 is 0 Å². The summed E-state index contributed by atoms with van der Waals surface area (Å²) in [5, 5.41) is 4.21. The van der Waals surface area contributed by atoms with Gasteiger partial charge in [0.1, 0.15) is 5.82 Å². The number of hydrogen-bond acceptors (Lipinski definition) is 3. The zero-order chi connectivity index (χ0) is 14.0. The van der Waals surface area contributed by atoms with Crippen LogP contribution >= 0.6 is 0 Å². The highest BCUT2D eigenvalue weighted by molar-refractivity contribution is 7.90. The van der Waals surface area contributed by atoms with Crippen LogP contribution in [0.2, 0.25) is 0 Å². The minimum absolute atomic E-state index is 0.119. The Labute approximate surface area is 111 Å². The molecule has 0 fully saturated rings. The van der Waals surface area contributed by atoms with Gasteiger partial charge in [0.15, 0.2) is 9.84 Å². The third-order valence-electron chi connectivity index (χ3n) is 2.90. The molecule has 0 aliphatic heterocycles. The summed E-state index contributed by atoms with van der Waals surface area (Å²) >= 11 is 0. The lowest BCUT2D eigenvalue weighted by molar-refractivity contribution is 0.590. The maximum Gasteiger partial charge on any atom is 0.184 e. The Morgan fingerprint density at radius 3 is 2.42 bits per heavy atom. The molecule has 0 aliphatic carbocycles. The number of aromatic nitrogens is 2. The number of halogens is 1. The van der Waals surface area contributed by atoms with Gasteiger partial charge in [-0.1, -0.05) is 6.92 Å². The van der Waals surface area contributed by atoms with E-state index in [4.69, 9.17) is 0 Å². The predicted molar refractivity (Wildman–Crippen MR) is 69.9 cm³/mol. The van der Waals surface area contributed by atoms with Crippen molar-refractivity contribution in [3.63, 3.8) is 0 Å². The van der Waals surface area contributed by atoms with Gasteiger partial charge in [-0.2, -0.15) is 5.10 Å². The second-order valence-electron chi connectivity index (χ2n) is 4.32. The molecule has 1 heterocycles. The third kappa shape index (κ3) is 3.01. The number of aryl methyl sites for hydroxylation is 2. The minimum atomic E-state index is -3.47. The molecule has 2 rings (SSSR count). The molecule has 6 heteroatoms. The molecule has 0 atom stereocenters. The van der Waals surface area contributed by atoms with E-state index in [0.717, 1.165) is 24.2 Å².